The zero-order valence-corrected chi connectivity index (χ0v) is 68.9. The molecular formula is C76H125N13O19. The third-order valence-electron chi connectivity index (χ3n) is 21.5. The van der Waals surface area contributed by atoms with Gasteiger partial charge >= 0.3 is 11.9 Å². The summed E-state index contributed by atoms with van der Waals surface area (Å²) >= 11 is 0. The molecule has 0 bridgehead atoms. The number of nitrogens with one attached hydrogen (secondary N) is 3. The molecule has 12 amide bonds. The number of benzene rings is 1. The number of anilines is 1. The molecule has 16 atom stereocenters. The topological polar surface area (TPSA) is 387 Å². The molecule has 0 aliphatic carbocycles. The van der Waals surface area contributed by atoms with E-state index in [2.05, 4.69) is 16.0 Å². The molecule has 2 saturated heterocycles. The SMILES string of the molecule is CC[C@@H](C)[C@H]1C(=O)N(C)CC(=O)N2C3Nc4ccccc4[C@]3(O)C[C@H]2C(=O)N(C)[C@H](C(C)C)C(=O)N[C@@H]([C@@H](C)CC)C(=O)N(C)[C@@H](C(C)C)C(=O)N(C)[C@@H](C(C)C)C(=O)N(C)CC(=O)N(C)[C@@H](C(C)(C)O)C(=O)N(C)[C@@H]([C@@H](C)[C@H](C)OC(=O)CC(C)(C)O)C(=O)N(C)[C@H](OC(C)=O)C(=O)N[C@@H](C(C)C)C(=O)N1C. The Morgan fingerprint density at radius 3 is 1.45 bits per heavy atom. The van der Waals surface area contributed by atoms with Gasteiger partial charge in [-0.25, -0.2) is 0 Å². The number of hydrogen-bond donors (Lipinski definition) is 6. The van der Waals surface area contributed by atoms with Crippen LogP contribution in [0.4, 0.5) is 5.69 Å². The van der Waals surface area contributed by atoms with Crippen molar-refractivity contribution in [3.63, 3.8) is 0 Å². The number of fused-ring (bicyclic) bond motifs is 5. The predicted octanol–water partition coefficient (Wildman–Crippen LogP) is 1.65. The van der Waals surface area contributed by atoms with Crippen LogP contribution < -0.4 is 16.0 Å². The van der Waals surface area contributed by atoms with Gasteiger partial charge in [0, 0.05) is 93.9 Å². The zero-order valence-electron chi connectivity index (χ0n) is 68.9. The third-order valence-corrected chi connectivity index (χ3v) is 21.5. The highest BCUT2D eigenvalue weighted by molar-refractivity contribution is 6.01. The molecule has 3 aliphatic rings. The highest BCUT2D eigenvalue weighted by Gasteiger charge is 2.61. The first-order valence-electron chi connectivity index (χ1n) is 37.3. The first-order valence-corrected chi connectivity index (χ1v) is 37.3. The Bertz CT molecular complexity index is 3480. The van der Waals surface area contributed by atoms with Gasteiger partial charge in [0.2, 0.25) is 65.0 Å². The van der Waals surface area contributed by atoms with Gasteiger partial charge in [-0.15, -0.1) is 0 Å². The van der Waals surface area contributed by atoms with E-state index in [1.165, 1.54) is 101 Å². The van der Waals surface area contributed by atoms with Gasteiger partial charge < -0.3 is 89.7 Å². The van der Waals surface area contributed by atoms with Crippen molar-refractivity contribution in [3.05, 3.63) is 29.8 Å². The number of nitrogens with zero attached hydrogens (tertiary/aromatic N) is 10. The summed E-state index contributed by atoms with van der Waals surface area (Å²) < 4.78 is 11.3. The lowest BCUT2D eigenvalue weighted by Crippen LogP contribution is -2.65. The maximum absolute atomic E-state index is 15.6. The van der Waals surface area contributed by atoms with Gasteiger partial charge in [-0.05, 0) is 76.2 Å². The summed E-state index contributed by atoms with van der Waals surface area (Å²) in [7, 11) is 11.4. The molecule has 32 heteroatoms. The van der Waals surface area contributed by atoms with E-state index in [-0.39, 0.29) is 12.8 Å². The lowest BCUT2D eigenvalue weighted by Gasteiger charge is -2.43. The highest BCUT2D eigenvalue weighted by Crippen LogP contribution is 2.50. The van der Waals surface area contributed by atoms with Crippen LogP contribution >= 0.6 is 0 Å². The van der Waals surface area contributed by atoms with Crippen molar-refractivity contribution in [3.8, 4) is 0 Å². The van der Waals surface area contributed by atoms with Crippen LogP contribution in [-0.4, -0.2) is 308 Å². The quantitative estimate of drug-likeness (QED) is 0.136. The van der Waals surface area contributed by atoms with E-state index in [0.717, 1.165) is 55.3 Å². The van der Waals surface area contributed by atoms with Gasteiger partial charge in [0.05, 0.1) is 30.7 Å². The number of esters is 2. The maximum Gasteiger partial charge on any atom is 0.308 e. The number of carbonyl (C=O) groups is 14. The van der Waals surface area contributed by atoms with E-state index in [1.807, 2.05) is 0 Å². The largest absolute Gasteiger partial charge is 0.462 e. The third kappa shape index (κ3) is 20.5. The number of hydrogen-bond acceptors (Lipinski definition) is 20. The van der Waals surface area contributed by atoms with Crippen molar-refractivity contribution in [2.24, 2.45) is 41.4 Å². The summed E-state index contributed by atoms with van der Waals surface area (Å²) in [4.78, 5) is 219. The van der Waals surface area contributed by atoms with Crippen LogP contribution in [0.15, 0.2) is 24.3 Å². The molecule has 1 aromatic carbocycles. The van der Waals surface area contributed by atoms with E-state index in [0.29, 0.717) is 22.6 Å². The minimum Gasteiger partial charge on any atom is -0.462 e. The van der Waals surface area contributed by atoms with Gasteiger partial charge in [-0.3, -0.25) is 67.1 Å². The molecule has 32 nitrogen and oxygen atoms in total. The zero-order chi connectivity index (χ0) is 83.1. The molecule has 6 N–H and O–H groups in total. The second-order valence-electron chi connectivity index (χ2n) is 32.6. The Hall–Kier alpha value is -8.52. The van der Waals surface area contributed by atoms with Crippen molar-refractivity contribution >= 4 is 88.5 Å². The first kappa shape index (κ1) is 91.9. The van der Waals surface area contributed by atoms with Gasteiger partial charge in [0.25, 0.3) is 12.1 Å². The van der Waals surface area contributed by atoms with Crippen molar-refractivity contribution in [1.29, 1.82) is 0 Å². The second kappa shape index (κ2) is 36.8. The number of likely N-dealkylation sites (N-methyl/N-ethyl adjacent to an activating group) is 9. The average molecular weight is 1520 g/mol. The summed E-state index contributed by atoms with van der Waals surface area (Å²) in [5, 5.41) is 44.1. The Kier molecular flexibility index (Phi) is 31.3. The lowest BCUT2D eigenvalue weighted by atomic mass is 9.90. The van der Waals surface area contributed by atoms with Crippen LogP contribution in [0.3, 0.4) is 0 Å². The fourth-order valence-corrected chi connectivity index (χ4v) is 15.0. The Balaban J connectivity index is 2.04. The van der Waals surface area contributed by atoms with Crippen LogP contribution in [0.1, 0.15) is 163 Å². The number of para-hydroxylation sites is 1. The molecule has 608 valence electrons. The number of ether oxygens (including phenoxy) is 2. The second-order valence-corrected chi connectivity index (χ2v) is 32.6. The number of aliphatic hydroxyl groups is 3. The molecule has 1 unspecified atom stereocenters. The van der Waals surface area contributed by atoms with Crippen LogP contribution in [0.5, 0.6) is 0 Å². The molecule has 3 aliphatic heterocycles. The summed E-state index contributed by atoms with van der Waals surface area (Å²) in [6.45, 7) is 27.6. The molecule has 1 aromatic rings. The van der Waals surface area contributed by atoms with Crippen molar-refractivity contribution in [2.75, 3.05) is 81.8 Å². The molecule has 4 rings (SSSR count). The molecular weight excluding hydrogens is 1400 g/mol. The normalized spacial score (nSPS) is 27.7. The van der Waals surface area contributed by atoms with Crippen LogP contribution in [0.2, 0.25) is 0 Å². The van der Waals surface area contributed by atoms with Gasteiger partial charge in [0.15, 0.2) is 0 Å². The van der Waals surface area contributed by atoms with Gasteiger partial charge in [-0.1, -0.05) is 121 Å². The highest BCUT2D eigenvalue weighted by atomic mass is 16.6. The Morgan fingerprint density at radius 1 is 0.519 bits per heavy atom. The predicted molar refractivity (Wildman–Crippen MR) is 400 cm³/mol. The molecule has 0 aromatic heterocycles. The number of carbonyl (C=O) groups excluding carboxylic acids is 14. The summed E-state index contributed by atoms with van der Waals surface area (Å²) in [5.74, 6) is -17.9. The Morgan fingerprint density at radius 2 is 0.963 bits per heavy atom. The van der Waals surface area contributed by atoms with Crippen LogP contribution in [0.25, 0.3) is 0 Å². The molecule has 0 spiro atoms. The van der Waals surface area contributed by atoms with Crippen molar-refractivity contribution < 1.29 is 91.9 Å². The standard InChI is InChI=1S/C76H125N13O19/c1-29-43(11)55-66(98)84(24)58(42(9)10)69(101)85(25)57(41(7)8)67(99)80(20)37-51(91)82(22)61(75(18,19)105)71(103)87(27)60(45(13)46(14)107-53(93)36-74(16,17)104)70(102)88(28)72(108-47(15)90)63(95)78-54(39(3)4)65(97)86(26)59(44(12)30-2)68(100)81(21)38-52(92)89-50(64(96)83(23)56(40(5)6)62(94)79-55)35-76(106)48-33-31-32-34-49(48)77-73(76)89/h31-34,39-46,50,54-61,72-73,77,104-106H,29-30,35-38H2,1-28H3,(H,78,95)(H,79,94)/t43-,44+,45-,46-,50-,54-,55-,56+,57-,58-,59-,60-,61+,72+,73?,76+/m0/s1. The van der Waals surface area contributed by atoms with E-state index in [1.54, 1.807) is 107 Å². The lowest BCUT2D eigenvalue weighted by molar-refractivity contribution is -0.176. The monoisotopic (exact) mass is 1520 g/mol. The number of rotatable bonds is 15. The molecule has 0 radical (unpaired) electrons. The Labute approximate surface area is 637 Å². The van der Waals surface area contributed by atoms with E-state index in [9.17, 15) is 34.5 Å². The molecule has 0 saturated carbocycles. The van der Waals surface area contributed by atoms with Crippen molar-refractivity contribution in [1.82, 2.24) is 59.6 Å². The number of amides is 12. The minimum atomic E-state index is -2.25. The maximum atomic E-state index is 15.6. The minimum absolute atomic E-state index is 0.277. The van der Waals surface area contributed by atoms with E-state index in [4.69, 9.17) is 9.47 Å². The fourth-order valence-electron chi connectivity index (χ4n) is 15.0. The van der Waals surface area contributed by atoms with Crippen LogP contribution in [0, 0.1) is 41.4 Å². The van der Waals surface area contributed by atoms with Crippen LogP contribution in [-0.2, 0) is 82.2 Å². The summed E-state index contributed by atoms with van der Waals surface area (Å²) in [6, 6.07) is -6.71. The van der Waals surface area contributed by atoms with E-state index < -0.39 is 233 Å². The average Bonchev–Trinajstić information content (AvgIpc) is 1.55. The molecule has 2 fully saturated rings. The smallest absolute Gasteiger partial charge is 0.308 e. The first-order chi connectivity index (χ1) is 49.6. The molecule has 108 heavy (non-hydrogen) atoms. The summed E-state index contributed by atoms with van der Waals surface area (Å²) in [6.07, 6.45) is -5.15. The van der Waals surface area contributed by atoms with Crippen molar-refractivity contribution in [2.45, 2.75) is 247 Å². The fraction of sp³-hybridized carbons (Fsp3) is 0.737. The summed E-state index contributed by atoms with van der Waals surface area (Å²) in [5.41, 5.74) is -4.82. The van der Waals surface area contributed by atoms with Gasteiger partial charge in [0.1, 0.15) is 72.2 Å². The van der Waals surface area contributed by atoms with Gasteiger partial charge in [-0.2, -0.15) is 0 Å². The molecule has 3 heterocycles. The van der Waals surface area contributed by atoms with E-state index >= 15 is 47.9 Å².